The Morgan fingerprint density at radius 3 is 2.25 bits per heavy atom. The summed E-state index contributed by atoms with van der Waals surface area (Å²) in [5.74, 6) is -0.398. The highest BCUT2D eigenvalue weighted by Crippen LogP contribution is 2.36. The molecule has 3 nitrogen and oxygen atoms in total. The fourth-order valence-electron chi connectivity index (χ4n) is 2.37. The van der Waals surface area contributed by atoms with Crippen LogP contribution in [0.25, 0.3) is 0 Å². The second-order valence-electron chi connectivity index (χ2n) is 4.44. The predicted molar refractivity (Wildman–Crippen MR) is 81.1 cm³/mol. The van der Waals surface area contributed by atoms with Crippen molar-refractivity contribution >= 4 is 43.4 Å². The van der Waals surface area contributed by atoms with Crippen molar-refractivity contribution in [1.82, 2.24) is 0 Å². The number of fused-ring (bicyclic) bond motifs is 2. The summed E-state index contributed by atoms with van der Waals surface area (Å²) >= 11 is 6.64. The molecule has 2 aromatic rings. The average Bonchev–Trinajstić information content (AvgIpc) is 2.44. The van der Waals surface area contributed by atoms with Gasteiger partial charge in [0, 0.05) is 31.2 Å². The van der Waals surface area contributed by atoms with Crippen LogP contribution in [0.5, 0.6) is 0 Å². The molecule has 1 aliphatic rings. The number of halogens is 2. The normalized spacial score (nSPS) is 13.2. The second kappa shape index (κ2) is 4.91. The molecule has 0 fully saturated rings. The van der Waals surface area contributed by atoms with Crippen molar-refractivity contribution in [2.45, 2.75) is 6.61 Å². The molecule has 2 aromatic carbocycles. The first-order valence-corrected chi connectivity index (χ1v) is 7.45. The summed E-state index contributed by atoms with van der Waals surface area (Å²) in [5, 5.41) is 9.28. The number of carbonyl (C=O) groups excluding carboxylic acids is 2. The molecule has 5 heteroatoms. The molecule has 100 valence electrons. The van der Waals surface area contributed by atoms with Gasteiger partial charge in [-0.05, 0) is 33.6 Å². The Morgan fingerprint density at radius 1 is 0.900 bits per heavy atom. The van der Waals surface area contributed by atoms with Crippen LogP contribution >= 0.6 is 31.9 Å². The lowest BCUT2D eigenvalue weighted by Gasteiger charge is -2.20. The summed E-state index contributed by atoms with van der Waals surface area (Å²) in [5.41, 5.74) is 2.05. The van der Waals surface area contributed by atoms with Crippen LogP contribution in [-0.2, 0) is 6.61 Å². The van der Waals surface area contributed by atoms with Crippen molar-refractivity contribution in [1.29, 1.82) is 0 Å². The van der Waals surface area contributed by atoms with Crippen molar-refractivity contribution in [3.05, 3.63) is 67.1 Å². The van der Waals surface area contributed by atoms with E-state index in [4.69, 9.17) is 0 Å². The molecule has 0 aromatic heterocycles. The van der Waals surface area contributed by atoms with Gasteiger partial charge >= 0.3 is 0 Å². The molecular weight excluding hydrogens is 388 g/mol. The zero-order valence-electron chi connectivity index (χ0n) is 10.1. The zero-order chi connectivity index (χ0) is 14.4. The van der Waals surface area contributed by atoms with E-state index in [1.807, 2.05) is 0 Å². The number of carbonyl (C=O) groups is 2. The van der Waals surface area contributed by atoms with Gasteiger partial charge in [0.1, 0.15) is 0 Å². The van der Waals surface area contributed by atoms with Crippen LogP contribution in [-0.4, -0.2) is 16.7 Å². The Hall–Kier alpha value is -1.30. The van der Waals surface area contributed by atoms with Crippen LogP contribution in [0.3, 0.4) is 0 Å². The number of ketones is 2. The fourth-order valence-corrected chi connectivity index (χ4v) is 3.56. The van der Waals surface area contributed by atoms with Crippen molar-refractivity contribution in [2.75, 3.05) is 0 Å². The minimum absolute atomic E-state index is 0.188. The molecule has 0 saturated heterocycles. The van der Waals surface area contributed by atoms with E-state index < -0.39 is 0 Å². The van der Waals surface area contributed by atoms with E-state index in [0.717, 1.165) is 0 Å². The smallest absolute Gasteiger partial charge is 0.195 e. The van der Waals surface area contributed by atoms with E-state index in [-0.39, 0.29) is 18.2 Å². The quantitative estimate of drug-likeness (QED) is 0.686. The molecule has 1 N–H and O–H groups in total. The van der Waals surface area contributed by atoms with Crippen LogP contribution < -0.4 is 0 Å². The SMILES string of the molecule is O=C1c2ccc(CO)c(Br)c2C(=O)c2cccc(Br)c21. The van der Waals surface area contributed by atoms with E-state index in [1.54, 1.807) is 30.3 Å². The number of benzene rings is 2. The van der Waals surface area contributed by atoms with Crippen molar-refractivity contribution < 1.29 is 14.7 Å². The Balaban J connectivity index is 2.35. The number of hydrogen-bond acceptors (Lipinski definition) is 3. The summed E-state index contributed by atoms with van der Waals surface area (Å²) in [4.78, 5) is 25.2. The standard InChI is InChI=1S/C15H8Br2O3/c16-10-3-1-2-8-11(10)14(19)9-5-4-7(6-18)13(17)12(9)15(8)20/h1-5,18H,6H2. The van der Waals surface area contributed by atoms with Crippen molar-refractivity contribution in [3.63, 3.8) is 0 Å². The van der Waals surface area contributed by atoms with Gasteiger partial charge in [-0.1, -0.05) is 34.1 Å². The first-order chi connectivity index (χ1) is 9.56. The maximum atomic E-state index is 12.6. The molecule has 0 unspecified atom stereocenters. The van der Waals surface area contributed by atoms with Crippen molar-refractivity contribution in [3.8, 4) is 0 Å². The molecule has 0 radical (unpaired) electrons. The van der Waals surface area contributed by atoms with Gasteiger partial charge in [-0.2, -0.15) is 0 Å². The summed E-state index contributed by atoms with van der Waals surface area (Å²) in [7, 11) is 0. The van der Waals surface area contributed by atoms with Crippen LogP contribution in [0, 0.1) is 0 Å². The molecule has 0 amide bonds. The Bertz CT molecular complexity index is 766. The number of aliphatic hydroxyl groups excluding tert-OH is 1. The first-order valence-electron chi connectivity index (χ1n) is 5.86. The van der Waals surface area contributed by atoms with Crippen LogP contribution in [0.4, 0.5) is 0 Å². The summed E-state index contributed by atoms with van der Waals surface area (Å²) in [6.07, 6.45) is 0. The van der Waals surface area contributed by atoms with Gasteiger partial charge in [-0.15, -0.1) is 0 Å². The predicted octanol–water partition coefficient (Wildman–Crippen LogP) is 3.48. The van der Waals surface area contributed by atoms with Gasteiger partial charge in [0.05, 0.1) is 6.61 Å². The maximum Gasteiger partial charge on any atom is 0.195 e. The molecular formula is C15H8Br2O3. The van der Waals surface area contributed by atoms with Gasteiger partial charge in [0.15, 0.2) is 11.6 Å². The Morgan fingerprint density at radius 2 is 1.55 bits per heavy atom. The number of rotatable bonds is 1. The van der Waals surface area contributed by atoms with Gasteiger partial charge < -0.3 is 5.11 Å². The van der Waals surface area contributed by atoms with Crippen molar-refractivity contribution in [2.24, 2.45) is 0 Å². The topological polar surface area (TPSA) is 54.4 Å². The largest absolute Gasteiger partial charge is 0.392 e. The molecule has 0 aliphatic heterocycles. The van der Waals surface area contributed by atoms with E-state index in [2.05, 4.69) is 31.9 Å². The molecule has 0 spiro atoms. The van der Waals surface area contributed by atoms with E-state index in [1.165, 1.54) is 0 Å². The number of hydrogen-bond donors (Lipinski definition) is 1. The summed E-state index contributed by atoms with van der Waals surface area (Å²) in [6.45, 7) is -0.194. The highest BCUT2D eigenvalue weighted by Gasteiger charge is 2.33. The van der Waals surface area contributed by atoms with E-state index >= 15 is 0 Å². The average molecular weight is 396 g/mol. The highest BCUT2D eigenvalue weighted by atomic mass is 79.9. The fraction of sp³-hybridized carbons (Fsp3) is 0.0667. The molecule has 1 aliphatic carbocycles. The molecule has 0 bridgehead atoms. The lowest BCUT2D eigenvalue weighted by molar-refractivity contribution is 0.0977. The van der Waals surface area contributed by atoms with Gasteiger partial charge in [-0.3, -0.25) is 9.59 Å². The third-order valence-corrected chi connectivity index (χ3v) is 4.92. The Kier molecular flexibility index (Phi) is 3.36. The van der Waals surface area contributed by atoms with Crippen LogP contribution in [0.1, 0.15) is 37.4 Å². The molecule has 0 heterocycles. The van der Waals surface area contributed by atoms with Gasteiger partial charge in [0.25, 0.3) is 0 Å². The second-order valence-corrected chi connectivity index (χ2v) is 6.09. The highest BCUT2D eigenvalue weighted by molar-refractivity contribution is 9.11. The third-order valence-electron chi connectivity index (χ3n) is 3.35. The number of aliphatic hydroxyl groups is 1. The summed E-state index contributed by atoms with van der Waals surface area (Å²) in [6, 6.07) is 8.35. The molecule has 3 rings (SSSR count). The molecule has 0 saturated carbocycles. The first kappa shape index (κ1) is 13.7. The van der Waals surface area contributed by atoms with Crippen LogP contribution in [0.15, 0.2) is 39.3 Å². The lowest BCUT2D eigenvalue weighted by Crippen LogP contribution is -2.22. The van der Waals surface area contributed by atoms with Gasteiger partial charge in [-0.25, -0.2) is 0 Å². The Labute approximate surface area is 131 Å². The minimum atomic E-state index is -0.210. The molecule has 0 atom stereocenters. The molecule has 20 heavy (non-hydrogen) atoms. The monoisotopic (exact) mass is 394 g/mol. The lowest BCUT2D eigenvalue weighted by atomic mass is 9.83. The zero-order valence-corrected chi connectivity index (χ0v) is 13.3. The third kappa shape index (κ3) is 1.81. The minimum Gasteiger partial charge on any atom is -0.392 e. The summed E-state index contributed by atoms with van der Waals surface area (Å²) < 4.78 is 1.10. The van der Waals surface area contributed by atoms with E-state index in [9.17, 15) is 14.7 Å². The van der Waals surface area contributed by atoms with E-state index in [0.29, 0.717) is 36.8 Å². The maximum absolute atomic E-state index is 12.6. The van der Waals surface area contributed by atoms with Gasteiger partial charge in [0.2, 0.25) is 0 Å². The van der Waals surface area contributed by atoms with Crippen LogP contribution in [0.2, 0.25) is 0 Å².